The smallest absolute Gasteiger partial charge is 0.252 e. The maximum absolute atomic E-state index is 12.5. The molecule has 0 aliphatic carbocycles. The van der Waals surface area contributed by atoms with E-state index >= 15 is 0 Å². The first-order valence-electron chi connectivity index (χ1n) is 12.4. The lowest BCUT2D eigenvalue weighted by Gasteiger charge is -2.25. The van der Waals surface area contributed by atoms with Crippen molar-refractivity contribution in [2.75, 3.05) is 0 Å². The zero-order valence-corrected chi connectivity index (χ0v) is 24.7. The van der Waals surface area contributed by atoms with E-state index < -0.39 is 23.3 Å². The molecule has 212 valence electrons. The van der Waals surface area contributed by atoms with Gasteiger partial charge in [0.2, 0.25) is 11.6 Å². The monoisotopic (exact) mass is 586 g/mol. The number of aromatic nitrogens is 6. The molecule has 12 heteroatoms. The predicted octanol–water partition coefficient (Wildman–Crippen LogP) is 6.25. The van der Waals surface area contributed by atoms with E-state index in [0.717, 1.165) is 0 Å². The van der Waals surface area contributed by atoms with Crippen LogP contribution in [0.25, 0.3) is 0 Å². The summed E-state index contributed by atoms with van der Waals surface area (Å²) < 4.78 is 14.3. The molecule has 0 amide bonds. The number of carbonyl (C=O) groups excluding carboxylic acids is 2. The second-order valence-corrected chi connectivity index (χ2v) is 11.7. The number of carbonyl (C=O) groups is 2. The van der Waals surface area contributed by atoms with Crippen LogP contribution in [-0.4, -0.2) is 41.1 Å². The van der Waals surface area contributed by atoms with Gasteiger partial charge >= 0.3 is 0 Å². The van der Waals surface area contributed by atoms with Crippen LogP contribution < -0.4 is 9.47 Å². The fourth-order valence-corrected chi connectivity index (χ4v) is 3.41. The van der Waals surface area contributed by atoms with Gasteiger partial charge in [0, 0.05) is 20.9 Å². The minimum absolute atomic E-state index is 0.0852. The van der Waals surface area contributed by atoms with Gasteiger partial charge in [-0.15, -0.1) is 0 Å². The van der Waals surface area contributed by atoms with Crippen LogP contribution in [0.2, 0.25) is 10.0 Å². The molecule has 2 atom stereocenters. The quantitative estimate of drug-likeness (QED) is 0.238. The standard InChI is InChI=1S/2C14H16ClN3O2/c2*1-14(2,3)12(19)13(18-9-16-8-17-18)20-11-6-4-10(15)5-7-11/h2*4-9,13H,1-3H3. The van der Waals surface area contributed by atoms with Crippen LogP contribution in [0.3, 0.4) is 0 Å². The molecule has 2 unspecified atom stereocenters. The Hall–Kier alpha value is -3.76. The van der Waals surface area contributed by atoms with Gasteiger partial charge in [0.1, 0.15) is 36.8 Å². The number of halogens is 2. The highest BCUT2D eigenvalue weighted by atomic mass is 35.5. The molecule has 40 heavy (non-hydrogen) atoms. The summed E-state index contributed by atoms with van der Waals surface area (Å²) in [7, 11) is 0. The molecule has 2 heterocycles. The van der Waals surface area contributed by atoms with E-state index in [0.29, 0.717) is 21.5 Å². The summed E-state index contributed by atoms with van der Waals surface area (Å²) in [5.41, 5.74) is -1.11. The third-order valence-corrected chi connectivity index (χ3v) is 5.91. The highest BCUT2D eigenvalue weighted by Crippen LogP contribution is 2.28. The number of nitrogens with zero attached hydrogens (tertiary/aromatic N) is 6. The van der Waals surface area contributed by atoms with Crippen LogP contribution in [0.1, 0.15) is 54.0 Å². The van der Waals surface area contributed by atoms with Gasteiger partial charge in [-0.25, -0.2) is 19.3 Å². The van der Waals surface area contributed by atoms with E-state index in [1.54, 1.807) is 48.5 Å². The van der Waals surface area contributed by atoms with Gasteiger partial charge in [-0.2, -0.15) is 10.2 Å². The summed E-state index contributed by atoms with van der Waals surface area (Å²) in [5.74, 6) is 0.927. The molecule has 0 saturated carbocycles. The van der Waals surface area contributed by atoms with Crippen molar-refractivity contribution in [3.63, 3.8) is 0 Å². The number of hydrogen-bond acceptors (Lipinski definition) is 8. The Morgan fingerprint density at radius 1 is 0.650 bits per heavy atom. The van der Waals surface area contributed by atoms with Gasteiger partial charge in [0.15, 0.2) is 0 Å². The molecule has 2 aromatic carbocycles. The fourth-order valence-electron chi connectivity index (χ4n) is 3.16. The van der Waals surface area contributed by atoms with Crippen LogP contribution >= 0.6 is 23.2 Å². The van der Waals surface area contributed by atoms with Crippen molar-refractivity contribution in [2.24, 2.45) is 10.8 Å². The highest BCUT2D eigenvalue weighted by Gasteiger charge is 2.34. The van der Waals surface area contributed by atoms with E-state index in [1.807, 2.05) is 41.5 Å². The van der Waals surface area contributed by atoms with E-state index in [4.69, 9.17) is 32.7 Å². The Balaban J connectivity index is 0.000000220. The maximum Gasteiger partial charge on any atom is 0.252 e. The average molecular weight is 588 g/mol. The van der Waals surface area contributed by atoms with Gasteiger partial charge in [-0.05, 0) is 48.5 Å². The predicted molar refractivity (Wildman–Crippen MR) is 151 cm³/mol. The Morgan fingerprint density at radius 2 is 0.975 bits per heavy atom. The number of benzene rings is 2. The first-order chi connectivity index (χ1) is 18.8. The Kier molecular flexibility index (Phi) is 10.1. The first-order valence-corrected chi connectivity index (χ1v) is 13.1. The van der Waals surface area contributed by atoms with Gasteiger partial charge in [0.05, 0.1) is 0 Å². The van der Waals surface area contributed by atoms with Crippen LogP contribution in [-0.2, 0) is 9.59 Å². The molecule has 0 aliphatic heterocycles. The molecular formula is C28H32Cl2N6O4. The van der Waals surface area contributed by atoms with Crippen LogP contribution in [0, 0.1) is 10.8 Å². The molecule has 10 nitrogen and oxygen atoms in total. The van der Waals surface area contributed by atoms with E-state index in [2.05, 4.69) is 20.2 Å². The number of ether oxygens (including phenoxy) is 2. The van der Waals surface area contributed by atoms with Crippen molar-refractivity contribution < 1.29 is 19.1 Å². The van der Waals surface area contributed by atoms with Crippen LogP contribution in [0.5, 0.6) is 11.5 Å². The SMILES string of the molecule is CC(C)(C)C(=O)C(Oc1ccc(Cl)cc1)n1cncn1.CC(C)(C)C(=O)C(Oc1ccc(Cl)cc1)n1cncn1. The molecule has 2 aromatic heterocycles. The number of Topliss-reactive ketones (excluding diaryl/α,β-unsaturated/α-hetero) is 2. The molecule has 0 saturated heterocycles. The lowest BCUT2D eigenvalue weighted by atomic mass is 9.90. The van der Waals surface area contributed by atoms with Crippen molar-refractivity contribution in [1.29, 1.82) is 0 Å². The summed E-state index contributed by atoms with van der Waals surface area (Å²) >= 11 is 11.7. The topological polar surface area (TPSA) is 114 Å². The largest absolute Gasteiger partial charge is 0.461 e. The van der Waals surface area contributed by atoms with E-state index in [1.165, 1.54) is 34.7 Å². The Bertz CT molecular complexity index is 1250. The zero-order valence-electron chi connectivity index (χ0n) is 23.2. The molecule has 4 rings (SSSR count). The molecule has 0 bridgehead atoms. The minimum Gasteiger partial charge on any atom is -0.461 e. The Labute approximate surface area is 243 Å². The molecule has 4 aromatic rings. The number of rotatable bonds is 8. The van der Waals surface area contributed by atoms with Gasteiger partial charge < -0.3 is 9.47 Å². The summed E-state index contributed by atoms with van der Waals surface area (Å²) in [6.07, 6.45) is 3.97. The Morgan fingerprint density at radius 3 is 1.23 bits per heavy atom. The fraction of sp³-hybridized carbons (Fsp3) is 0.357. The summed E-state index contributed by atoms with van der Waals surface area (Å²) in [6.45, 7) is 11.0. The van der Waals surface area contributed by atoms with Crippen molar-refractivity contribution >= 4 is 34.8 Å². The third kappa shape index (κ3) is 8.62. The minimum atomic E-state index is -0.848. The highest BCUT2D eigenvalue weighted by molar-refractivity contribution is 6.30. The van der Waals surface area contributed by atoms with Crippen molar-refractivity contribution in [1.82, 2.24) is 29.5 Å². The van der Waals surface area contributed by atoms with E-state index in [-0.39, 0.29) is 11.6 Å². The van der Waals surface area contributed by atoms with Gasteiger partial charge in [-0.1, -0.05) is 64.7 Å². The molecule has 0 N–H and O–H groups in total. The summed E-state index contributed by atoms with van der Waals surface area (Å²) in [6, 6.07) is 13.7. The van der Waals surface area contributed by atoms with Crippen LogP contribution in [0.4, 0.5) is 0 Å². The van der Waals surface area contributed by atoms with Gasteiger partial charge in [-0.3, -0.25) is 9.59 Å². The van der Waals surface area contributed by atoms with Crippen molar-refractivity contribution in [3.05, 3.63) is 83.9 Å². The van der Waals surface area contributed by atoms with E-state index in [9.17, 15) is 9.59 Å². The molecule has 0 aliphatic rings. The van der Waals surface area contributed by atoms with Crippen molar-refractivity contribution in [2.45, 2.75) is 54.0 Å². The lowest BCUT2D eigenvalue weighted by Crippen LogP contribution is -2.34. The third-order valence-electron chi connectivity index (χ3n) is 5.40. The maximum atomic E-state index is 12.5. The number of ketones is 2. The molecular weight excluding hydrogens is 555 g/mol. The second kappa shape index (κ2) is 13.1. The zero-order chi connectivity index (χ0) is 29.5. The van der Waals surface area contributed by atoms with Crippen molar-refractivity contribution in [3.8, 4) is 11.5 Å². The summed E-state index contributed by atoms with van der Waals surface area (Å²) in [4.78, 5) is 32.7. The normalized spacial score (nSPS) is 13.0. The van der Waals surface area contributed by atoms with Crippen LogP contribution in [0.15, 0.2) is 73.8 Å². The first kappa shape index (κ1) is 30.8. The van der Waals surface area contributed by atoms with Gasteiger partial charge in [0.25, 0.3) is 12.5 Å². The number of hydrogen-bond donors (Lipinski definition) is 0. The average Bonchev–Trinajstić information content (AvgIpc) is 3.62. The lowest BCUT2D eigenvalue weighted by molar-refractivity contribution is -0.138. The molecule has 0 fully saturated rings. The molecule has 0 spiro atoms. The molecule has 0 radical (unpaired) electrons. The summed E-state index contributed by atoms with van der Waals surface area (Å²) in [5, 5.41) is 9.21. The second-order valence-electron chi connectivity index (χ2n) is 10.8.